The molecule has 1 saturated heterocycles. The van der Waals surface area contributed by atoms with E-state index in [4.69, 9.17) is 4.74 Å². The van der Waals surface area contributed by atoms with Crippen LogP contribution in [0.15, 0.2) is 59.6 Å². The monoisotopic (exact) mass is 454 g/mol. The number of carbonyl (C=O) groups is 1. The Kier molecular flexibility index (Phi) is 7.62. The second kappa shape index (κ2) is 11.0. The number of nitrogens with one attached hydrogen (secondary N) is 2. The van der Waals surface area contributed by atoms with Crippen LogP contribution < -0.4 is 15.5 Å². The lowest BCUT2D eigenvalue weighted by Gasteiger charge is -2.28. The molecule has 1 aliphatic rings. The number of benzene rings is 1. The van der Waals surface area contributed by atoms with Gasteiger partial charge in [-0.15, -0.1) is 0 Å². The van der Waals surface area contributed by atoms with Gasteiger partial charge in [-0.2, -0.15) is 11.3 Å². The summed E-state index contributed by atoms with van der Waals surface area (Å²) in [6, 6.07) is 10.8. The van der Waals surface area contributed by atoms with E-state index in [0.717, 1.165) is 24.5 Å². The second-order valence-corrected chi connectivity index (χ2v) is 8.10. The van der Waals surface area contributed by atoms with Crippen LogP contribution in [0.4, 0.5) is 27.8 Å². The number of morpholine rings is 1. The quantitative estimate of drug-likeness (QED) is 0.481. The molecule has 10 heteroatoms. The maximum absolute atomic E-state index is 12.4. The Morgan fingerprint density at radius 2 is 2.00 bits per heavy atom. The fraction of sp³-hybridized carbons (Fsp3) is 0.318. The van der Waals surface area contributed by atoms with Crippen LogP contribution in [0, 0.1) is 0 Å². The largest absolute Gasteiger partial charge is 0.390 e. The first kappa shape index (κ1) is 22.2. The Labute approximate surface area is 190 Å². The van der Waals surface area contributed by atoms with Crippen LogP contribution in [-0.2, 0) is 4.74 Å². The first-order valence-corrected chi connectivity index (χ1v) is 11.4. The number of thiophene rings is 1. The topological polar surface area (TPSA) is 103 Å². The number of nitrogens with zero attached hydrogens (tertiary/aromatic N) is 4. The van der Waals surface area contributed by atoms with Gasteiger partial charge in [0.15, 0.2) is 0 Å². The number of amides is 2. The van der Waals surface area contributed by atoms with Crippen LogP contribution in [0.2, 0.25) is 0 Å². The molecule has 0 bridgehead atoms. The summed E-state index contributed by atoms with van der Waals surface area (Å²) in [5.74, 6) is 0.540. The summed E-state index contributed by atoms with van der Waals surface area (Å²) in [4.78, 5) is 25.2. The molecule has 1 fully saturated rings. The van der Waals surface area contributed by atoms with Gasteiger partial charge in [0, 0.05) is 49.6 Å². The predicted octanol–water partition coefficient (Wildman–Crippen LogP) is 2.82. The van der Waals surface area contributed by atoms with E-state index in [1.54, 1.807) is 29.8 Å². The molecule has 4 rings (SSSR count). The highest BCUT2D eigenvalue weighted by molar-refractivity contribution is 7.08. The summed E-state index contributed by atoms with van der Waals surface area (Å²) < 4.78 is 5.31. The standard InChI is InChI=1S/C22H26N6O3S/c29-20(15-27-8-10-31-11-9-27)14-25-22(30)26-17-3-1-4-18(13-17)28(19-5-12-32-16-19)21-23-6-2-7-24-21/h1-7,12-13,16,20,29H,8-11,14-15H2,(H2,25,26,30). The average Bonchev–Trinajstić information content (AvgIpc) is 3.34. The number of anilines is 4. The maximum Gasteiger partial charge on any atom is 0.319 e. The highest BCUT2D eigenvalue weighted by Crippen LogP contribution is 2.34. The Morgan fingerprint density at radius 3 is 2.75 bits per heavy atom. The van der Waals surface area contributed by atoms with E-state index >= 15 is 0 Å². The molecule has 3 aromatic rings. The number of rotatable bonds is 8. The van der Waals surface area contributed by atoms with E-state index in [9.17, 15) is 9.90 Å². The number of hydrogen-bond acceptors (Lipinski definition) is 8. The minimum Gasteiger partial charge on any atom is -0.390 e. The molecule has 3 heterocycles. The lowest BCUT2D eigenvalue weighted by atomic mass is 10.2. The van der Waals surface area contributed by atoms with E-state index in [2.05, 4.69) is 25.5 Å². The van der Waals surface area contributed by atoms with E-state index < -0.39 is 6.10 Å². The molecule has 2 amide bonds. The van der Waals surface area contributed by atoms with Crippen molar-refractivity contribution >= 4 is 40.4 Å². The van der Waals surface area contributed by atoms with Gasteiger partial charge in [-0.05, 0) is 35.7 Å². The number of urea groups is 1. The summed E-state index contributed by atoms with van der Waals surface area (Å²) in [5.41, 5.74) is 2.38. The number of hydrogen-bond donors (Lipinski definition) is 3. The first-order valence-electron chi connectivity index (χ1n) is 10.4. The van der Waals surface area contributed by atoms with E-state index in [1.807, 2.05) is 46.0 Å². The molecule has 1 unspecified atom stereocenters. The summed E-state index contributed by atoms with van der Waals surface area (Å²) >= 11 is 1.58. The van der Waals surface area contributed by atoms with Gasteiger partial charge in [0.1, 0.15) is 0 Å². The number of aliphatic hydroxyl groups excluding tert-OH is 1. The van der Waals surface area contributed by atoms with Crippen molar-refractivity contribution in [3.05, 3.63) is 59.6 Å². The van der Waals surface area contributed by atoms with Gasteiger partial charge in [-0.3, -0.25) is 9.80 Å². The second-order valence-electron chi connectivity index (χ2n) is 7.32. The Bertz CT molecular complexity index is 982. The van der Waals surface area contributed by atoms with Gasteiger partial charge in [0.25, 0.3) is 0 Å². The normalized spacial score (nSPS) is 15.2. The van der Waals surface area contributed by atoms with Gasteiger partial charge < -0.3 is 20.5 Å². The van der Waals surface area contributed by atoms with E-state index in [-0.39, 0.29) is 12.6 Å². The van der Waals surface area contributed by atoms with Crippen molar-refractivity contribution in [3.8, 4) is 0 Å². The van der Waals surface area contributed by atoms with Gasteiger partial charge >= 0.3 is 6.03 Å². The van der Waals surface area contributed by atoms with Gasteiger partial charge in [0.2, 0.25) is 5.95 Å². The maximum atomic E-state index is 12.4. The molecule has 168 valence electrons. The van der Waals surface area contributed by atoms with Gasteiger partial charge in [-0.1, -0.05) is 6.07 Å². The summed E-state index contributed by atoms with van der Waals surface area (Å²) in [6.45, 7) is 3.61. The van der Waals surface area contributed by atoms with Gasteiger partial charge in [-0.25, -0.2) is 14.8 Å². The number of carbonyl (C=O) groups excluding carboxylic acids is 1. The van der Waals surface area contributed by atoms with Crippen molar-refractivity contribution in [2.75, 3.05) is 49.6 Å². The lowest BCUT2D eigenvalue weighted by Crippen LogP contribution is -2.45. The fourth-order valence-electron chi connectivity index (χ4n) is 3.43. The van der Waals surface area contributed by atoms with Crippen LogP contribution in [-0.4, -0.2) is 71.5 Å². The number of ether oxygens (including phenoxy) is 1. The van der Waals surface area contributed by atoms with Crippen molar-refractivity contribution in [2.24, 2.45) is 0 Å². The third kappa shape index (κ3) is 6.01. The minimum atomic E-state index is -0.644. The number of β-amino-alcohol motifs (C(OH)–C–C–N with tert-alkyl or cyclic N) is 1. The van der Waals surface area contributed by atoms with Crippen molar-refractivity contribution in [3.63, 3.8) is 0 Å². The molecule has 1 atom stereocenters. The molecule has 0 saturated carbocycles. The molecule has 32 heavy (non-hydrogen) atoms. The molecule has 9 nitrogen and oxygen atoms in total. The van der Waals surface area contributed by atoms with E-state index in [1.165, 1.54) is 0 Å². The molecular weight excluding hydrogens is 428 g/mol. The zero-order valence-electron chi connectivity index (χ0n) is 17.6. The Morgan fingerprint density at radius 1 is 1.19 bits per heavy atom. The molecule has 0 spiro atoms. The third-order valence-electron chi connectivity index (χ3n) is 4.95. The van der Waals surface area contributed by atoms with Gasteiger partial charge in [0.05, 0.1) is 30.7 Å². The van der Waals surface area contributed by atoms with Crippen LogP contribution in [0.3, 0.4) is 0 Å². The van der Waals surface area contributed by atoms with E-state index in [0.29, 0.717) is 31.4 Å². The van der Waals surface area contributed by atoms with Crippen molar-refractivity contribution in [1.82, 2.24) is 20.2 Å². The molecule has 3 N–H and O–H groups in total. The highest BCUT2D eigenvalue weighted by atomic mass is 32.1. The zero-order valence-corrected chi connectivity index (χ0v) is 18.4. The third-order valence-corrected chi connectivity index (χ3v) is 5.62. The summed E-state index contributed by atoms with van der Waals surface area (Å²) in [6.07, 6.45) is 2.74. The van der Waals surface area contributed by atoms with Crippen LogP contribution >= 0.6 is 11.3 Å². The molecule has 2 aromatic heterocycles. The zero-order chi connectivity index (χ0) is 22.2. The highest BCUT2D eigenvalue weighted by Gasteiger charge is 2.17. The molecule has 0 radical (unpaired) electrons. The van der Waals surface area contributed by atoms with Crippen LogP contribution in [0.5, 0.6) is 0 Å². The molecule has 0 aliphatic carbocycles. The molecular formula is C22H26N6O3S. The Balaban J connectivity index is 1.38. The predicted molar refractivity (Wildman–Crippen MR) is 125 cm³/mol. The minimum absolute atomic E-state index is 0.168. The smallest absolute Gasteiger partial charge is 0.319 e. The average molecular weight is 455 g/mol. The van der Waals surface area contributed by atoms with Crippen LogP contribution in [0.1, 0.15) is 0 Å². The SMILES string of the molecule is O=C(NCC(O)CN1CCOCC1)Nc1cccc(N(c2ccsc2)c2ncccn2)c1. The summed E-state index contributed by atoms with van der Waals surface area (Å²) in [5, 5.41) is 19.8. The summed E-state index contributed by atoms with van der Waals surface area (Å²) in [7, 11) is 0. The van der Waals surface area contributed by atoms with Crippen LogP contribution in [0.25, 0.3) is 0 Å². The van der Waals surface area contributed by atoms with Crippen molar-refractivity contribution in [1.29, 1.82) is 0 Å². The molecule has 1 aliphatic heterocycles. The number of aromatic nitrogens is 2. The number of aliphatic hydroxyl groups is 1. The van der Waals surface area contributed by atoms with Crippen molar-refractivity contribution in [2.45, 2.75) is 6.10 Å². The fourth-order valence-corrected chi connectivity index (χ4v) is 4.05. The Hall–Kier alpha value is -3.05. The lowest BCUT2D eigenvalue weighted by molar-refractivity contribution is 0.0154. The first-order chi connectivity index (χ1) is 15.7. The van der Waals surface area contributed by atoms with Crippen molar-refractivity contribution < 1.29 is 14.6 Å². The molecule has 1 aromatic carbocycles.